The third-order valence-electron chi connectivity index (χ3n) is 2.88. The number of H-pyrrole nitrogens is 1. The Hall–Kier alpha value is -2.55. The monoisotopic (exact) mass is 235 g/mol. The Labute approximate surface area is 105 Å². The van der Waals surface area contributed by atoms with Crippen molar-refractivity contribution >= 4 is 5.69 Å². The summed E-state index contributed by atoms with van der Waals surface area (Å²) >= 11 is 0. The largest absolute Gasteiger partial charge is 0.398 e. The molecule has 0 aliphatic rings. The second-order valence-electron chi connectivity index (χ2n) is 4.10. The number of nitrogen functional groups attached to an aromatic ring is 1. The van der Waals surface area contributed by atoms with Crippen LogP contribution in [0.4, 0.5) is 5.69 Å². The molecule has 3 nitrogen and oxygen atoms in total. The van der Waals surface area contributed by atoms with Gasteiger partial charge in [0.1, 0.15) is 5.82 Å². The molecule has 3 rings (SSSR count). The first-order chi connectivity index (χ1) is 8.84. The van der Waals surface area contributed by atoms with E-state index in [2.05, 4.69) is 9.97 Å². The van der Waals surface area contributed by atoms with Gasteiger partial charge in [0.05, 0.1) is 11.9 Å². The summed E-state index contributed by atoms with van der Waals surface area (Å²) in [5.41, 5.74) is 9.71. The van der Waals surface area contributed by atoms with E-state index in [4.69, 9.17) is 5.73 Å². The number of nitrogens with one attached hydrogen (secondary N) is 1. The van der Waals surface area contributed by atoms with Gasteiger partial charge in [-0.1, -0.05) is 42.5 Å². The van der Waals surface area contributed by atoms with E-state index in [1.165, 1.54) is 0 Å². The van der Waals surface area contributed by atoms with Crippen LogP contribution in [0.1, 0.15) is 0 Å². The fourth-order valence-corrected chi connectivity index (χ4v) is 1.94. The van der Waals surface area contributed by atoms with E-state index in [0.717, 1.165) is 28.3 Å². The Morgan fingerprint density at radius 2 is 1.61 bits per heavy atom. The number of hydrogen-bond acceptors (Lipinski definition) is 2. The van der Waals surface area contributed by atoms with Crippen LogP contribution in [0.3, 0.4) is 0 Å². The molecule has 1 aromatic heterocycles. The fourth-order valence-electron chi connectivity index (χ4n) is 1.94. The molecule has 0 amide bonds. The molecule has 3 N–H and O–H groups in total. The number of anilines is 1. The Kier molecular flexibility index (Phi) is 2.57. The molecule has 18 heavy (non-hydrogen) atoms. The minimum Gasteiger partial charge on any atom is -0.398 e. The molecule has 0 atom stereocenters. The van der Waals surface area contributed by atoms with Crippen molar-refractivity contribution in [2.45, 2.75) is 0 Å². The normalized spacial score (nSPS) is 10.4. The minimum absolute atomic E-state index is 0.728. The molecule has 0 fully saturated rings. The Morgan fingerprint density at radius 1 is 0.889 bits per heavy atom. The zero-order valence-corrected chi connectivity index (χ0v) is 9.80. The third kappa shape index (κ3) is 1.86. The molecule has 0 saturated carbocycles. The van der Waals surface area contributed by atoms with E-state index < -0.39 is 0 Å². The van der Waals surface area contributed by atoms with E-state index >= 15 is 0 Å². The number of nitrogens with two attached hydrogens (primary N) is 1. The Morgan fingerprint density at radius 3 is 2.39 bits per heavy atom. The average molecular weight is 235 g/mol. The van der Waals surface area contributed by atoms with Crippen molar-refractivity contribution in [1.82, 2.24) is 9.97 Å². The number of rotatable bonds is 2. The molecule has 0 aliphatic carbocycles. The number of para-hydroxylation sites is 1. The van der Waals surface area contributed by atoms with Gasteiger partial charge in [0.25, 0.3) is 0 Å². The van der Waals surface area contributed by atoms with Crippen molar-refractivity contribution in [1.29, 1.82) is 0 Å². The molecule has 0 saturated heterocycles. The van der Waals surface area contributed by atoms with Crippen LogP contribution in [-0.4, -0.2) is 9.97 Å². The SMILES string of the molecule is Nc1ccccc1-c1ncc(-c2ccccc2)[nH]1. The molecule has 0 aliphatic heterocycles. The lowest BCUT2D eigenvalue weighted by atomic mass is 10.1. The van der Waals surface area contributed by atoms with Crippen LogP contribution in [0.5, 0.6) is 0 Å². The summed E-state index contributed by atoms with van der Waals surface area (Å²) in [4.78, 5) is 7.68. The minimum atomic E-state index is 0.728. The van der Waals surface area contributed by atoms with Crippen LogP contribution in [0.25, 0.3) is 22.6 Å². The number of imidazole rings is 1. The summed E-state index contributed by atoms with van der Waals surface area (Å²) in [6.07, 6.45) is 1.83. The molecule has 88 valence electrons. The van der Waals surface area contributed by atoms with Gasteiger partial charge in [0.15, 0.2) is 0 Å². The number of benzene rings is 2. The summed E-state index contributed by atoms with van der Waals surface area (Å²) in [6, 6.07) is 17.8. The lowest BCUT2D eigenvalue weighted by Gasteiger charge is -2.01. The van der Waals surface area contributed by atoms with Crippen molar-refractivity contribution in [2.75, 3.05) is 5.73 Å². The first kappa shape index (κ1) is 10.6. The molecular formula is C15H13N3. The molecule has 0 spiro atoms. The van der Waals surface area contributed by atoms with E-state index in [0.29, 0.717) is 0 Å². The predicted octanol–water partition coefficient (Wildman–Crippen LogP) is 3.33. The quantitative estimate of drug-likeness (QED) is 0.669. The highest BCUT2D eigenvalue weighted by Crippen LogP contribution is 2.25. The first-order valence-corrected chi connectivity index (χ1v) is 5.80. The van der Waals surface area contributed by atoms with E-state index in [1.54, 1.807) is 0 Å². The highest BCUT2D eigenvalue weighted by Gasteiger charge is 2.07. The van der Waals surface area contributed by atoms with Gasteiger partial charge in [0.2, 0.25) is 0 Å². The summed E-state index contributed by atoms with van der Waals surface area (Å²) < 4.78 is 0. The number of hydrogen-bond donors (Lipinski definition) is 2. The molecular weight excluding hydrogens is 222 g/mol. The van der Waals surface area contributed by atoms with E-state index in [9.17, 15) is 0 Å². The standard InChI is InChI=1S/C15H13N3/c16-13-9-5-4-8-12(13)15-17-10-14(18-15)11-6-2-1-3-7-11/h1-10H,16H2,(H,17,18). The lowest BCUT2D eigenvalue weighted by molar-refractivity contribution is 1.31. The van der Waals surface area contributed by atoms with Gasteiger partial charge in [-0.05, 0) is 17.7 Å². The molecule has 1 heterocycles. The van der Waals surface area contributed by atoms with Crippen molar-refractivity contribution in [2.24, 2.45) is 0 Å². The van der Waals surface area contributed by atoms with Crippen molar-refractivity contribution < 1.29 is 0 Å². The second-order valence-corrected chi connectivity index (χ2v) is 4.10. The van der Waals surface area contributed by atoms with Gasteiger partial charge in [-0.25, -0.2) is 4.98 Å². The van der Waals surface area contributed by atoms with Crippen LogP contribution in [-0.2, 0) is 0 Å². The summed E-state index contributed by atoms with van der Waals surface area (Å²) in [6.45, 7) is 0. The lowest BCUT2D eigenvalue weighted by Crippen LogP contribution is -1.90. The van der Waals surface area contributed by atoms with Gasteiger partial charge in [0, 0.05) is 11.3 Å². The highest BCUT2D eigenvalue weighted by atomic mass is 14.9. The number of aromatic nitrogens is 2. The molecule has 0 unspecified atom stereocenters. The zero-order chi connectivity index (χ0) is 12.4. The fraction of sp³-hybridized carbons (Fsp3) is 0. The van der Waals surface area contributed by atoms with Gasteiger partial charge in [-0.3, -0.25) is 0 Å². The van der Waals surface area contributed by atoms with Gasteiger partial charge in [-0.2, -0.15) is 0 Å². The van der Waals surface area contributed by atoms with Gasteiger partial charge >= 0.3 is 0 Å². The van der Waals surface area contributed by atoms with E-state index in [-0.39, 0.29) is 0 Å². The van der Waals surface area contributed by atoms with Crippen molar-refractivity contribution in [3.05, 3.63) is 60.8 Å². The van der Waals surface area contributed by atoms with Gasteiger partial charge < -0.3 is 10.7 Å². The molecule has 0 radical (unpaired) electrons. The maximum absolute atomic E-state index is 5.94. The molecule has 2 aromatic carbocycles. The van der Waals surface area contributed by atoms with Crippen LogP contribution in [0, 0.1) is 0 Å². The first-order valence-electron chi connectivity index (χ1n) is 5.80. The van der Waals surface area contributed by atoms with Crippen LogP contribution in [0.15, 0.2) is 60.8 Å². The smallest absolute Gasteiger partial charge is 0.139 e. The third-order valence-corrected chi connectivity index (χ3v) is 2.88. The maximum Gasteiger partial charge on any atom is 0.139 e. The molecule has 3 aromatic rings. The summed E-state index contributed by atoms with van der Waals surface area (Å²) in [5, 5.41) is 0. The molecule has 0 bridgehead atoms. The van der Waals surface area contributed by atoms with Crippen LogP contribution < -0.4 is 5.73 Å². The summed E-state index contributed by atoms with van der Waals surface area (Å²) in [7, 11) is 0. The number of nitrogens with zero attached hydrogens (tertiary/aromatic N) is 1. The maximum atomic E-state index is 5.94. The average Bonchev–Trinajstić information content (AvgIpc) is 2.90. The molecule has 3 heteroatoms. The highest BCUT2D eigenvalue weighted by molar-refractivity contribution is 5.73. The Balaban J connectivity index is 2.03. The Bertz CT molecular complexity index is 656. The zero-order valence-electron chi connectivity index (χ0n) is 9.80. The van der Waals surface area contributed by atoms with Crippen molar-refractivity contribution in [3.8, 4) is 22.6 Å². The van der Waals surface area contributed by atoms with Crippen LogP contribution in [0.2, 0.25) is 0 Å². The topological polar surface area (TPSA) is 54.7 Å². The van der Waals surface area contributed by atoms with Crippen LogP contribution >= 0.6 is 0 Å². The predicted molar refractivity (Wildman–Crippen MR) is 73.9 cm³/mol. The van der Waals surface area contributed by atoms with E-state index in [1.807, 2.05) is 60.8 Å². The second kappa shape index (κ2) is 4.37. The van der Waals surface area contributed by atoms with Gasteiger partial charge in [-0.15, -0.1) is 0 Å². The number of aromatic amines is 1. The summed E-state index contributed by atoms with van der Waals surface area (Å²) in [5.74, 6) is 0.798. The van der Waals surface area contributed by atoms with Crippen molar-refractivity contribution in [3.63, 3.8) is 0 Å².